The van der Waals surface area contributed by atoms with Crippen LogP contribution in [-0.2, 0) is 6.54 Å². The van der Waals surface area contributed by atoms with Crippen molar-refractivity contribution in [2.75, 3.05) is 0 Å². The van der Waals surface area contributed by atoms with Crippen LogP contribution in [0.3, 0.4) is 0 Å². The van der Waals surface area contributed by atoms with Gasteiger partial charge in [0.05, 0.1) is 6.54 Å². The number of nitrogens with one attached hydrogen (secondary N) is 1. The van der Waals surface area contributed by atoms with Gasteiger partial charge >= 0.3 is 0 Å². The molecule has 4 nitrogen and oxygen atoms in total. The summed E-state index contributed by atoms with van der Waals surface area (Å²) in [6, 6.07) is 10.2. The molecule has 1 aromatic rings. The number of hydrogen-bond donors (Lipinski definition) is 1. The molecular weight excluding hydrogens is 236 g/mol. The predicted molar refractivity (Wildman–Crippen MR) is 76.9 cm³/mol. The molecule has 0 fully saturated rings. The number of allylic oxidation sites excluding steroid dienone is 3. The lowest BCUT2D eigenvalue weighted by molar-refractivity contribution is 0.238. The van der Waals surface area contributed by atoms with Gasteiger partial charge in [0.25, 0.3) is 0 Å². The van der Waals surface area contributed by atoms with Gasteiger partial charge in [0.1, 0.15) is 0 Å². The van der Waals surface area contributed by atoms with Crippen LogP contribution in [0, 0.1) is 0 Å². The molecule has 0 amide bonds. The molecule has 4 heteroatoms. The average Bonchev–Trinajstić information content (AvgIpc) is 2.89. The molecule has 1 aromatic carbocycles. The van der Waals surface area contributed by atoms with Gasteiger partial charge in [-0.2, -0.15) is 0 Å². The molecule has 0 spiro atoms. The van der Waals surface area contributed by atoms with E-state index in [2.05, 4.69) is 34.6 Å². The third kappa shape index (κ3) is 3.31. The van der Waals surface area contributed by atoms with Crippen molar-refractivity contribution in [3.8, 4) is 0 Å². The molecule has 1 aliphatic heterocycles. The first-order valence-corrected chi connectivity index (χ1v) is 6.27. The van der Waals surface area contributed by atoms with Crippen LogP contribution >= 0.6 is 0 Å². The Bertz CT molecular complexity index is 502. The first kappa shape index (κ1) is 13.1. The number of hydrogen-bond acceptors (Lipinski definition) is 4. The minimum atomic E-state index is -0.0265. The SMILES string of the molecule is C=C/C=C\C(=C/C)C1NN=NN1Cc1ccccc1. The highest BCUT2D eigenvalue weighted by molar-refractivity contribution is 5.26. The topological polar surface area (TPSA) is 40.0 Å². The lowest BCUT2D eigenvalue weighted by atomic mass is 10.1. The molecule has 0 bridgehead atoms. The normalized spacial score (nSPS) is 18.9. The molecule has 98 valence electrons. The summed E-state index contributed by atoms with van der Waals surface area (Å²) in [6.45, 7) is 6.41. The maximum absolute atomic E-state index is 4.14. The smallest absolute Gasteiger partial charge is 0.160 e. The summed E-state index contributed by atoms with van der Waals surface area (Å²) < 4.78 is 0. The van der Waals surface area contributed by atoms with E-state index in [0.29, 0.717) is 0 Å². The summed E-state index contributed by atoms with van der Waals surface area (Å²) in [4.78, 5) is 0. The molecule has 1 atom stereocenters. The van der Waals surface area contributed by atoms with Crippen molar-refractivity contribution in [3.63, 3.8) is 0 Å². The Balaban J connectivity index is 2.10. The summed E-state index contributed by atoms with van der Waals surface area (Å²) >= 11 is 0. The monoisotopic (exact) mass is 254 g/mol. The summed E-state index contributed by atoms with van der Waals surface area (Å²) in [6.07, 6.45) is 7.71. The van der Waals surface area contributed by atoms with Crippen molar-refractivity contribution in [3.05, 3.63) is 72.4 Å². The van der Waals surface area contributed by atoms with Gasteiger partial charge in [-0.25, -0.2) is 5.01 Å². The highest BCUT2D eigenvalue weighted by Gasteiger charge is 2.23. The van der Waals surface area contributed by atoms with Gasteiger partial charge in [-0.3, -0.25) is 5.43 Å². The van der Waals surface area contributed by atoms with Crippen molar-refractivity contribution in [2.45, 2.75) is 19.6 Å². The van der Waals surface area contributed by atoms with Crippen molar-refractivity contribution < 1.29 is 0 Å². The summed E-state index contributed by atoms with van der Waals surface area (Å²) in [5.74, 6) is 0. The van der Waals surface area contributed by atoms with Crippen molar-refractivity contribution in [1.29, 1.82) is 0 Å². The molecule has 1 aliphatic rings. The highest BCUT2D eigenvalue weighted by atomic mass is 15.7. The fraction of sp³-hybridized carbons (Fsp3) is 0.200. The van der Waals surface area contributed by atoms with E-state index in [4.69, 9.17) is 0 Å². The van der Waals surface area contributed by atoms with Gasteiger partial charge in [0.2, 0.25) is 0 Å². The number of benzene rings is 1. The largest absolute Gasteiger partial charge is 0.262 e. The minimum absolute atomic E-state index is 0.0265. The Kier molecular flexibility index (Phi) is 4.50. The van der Waals surface area contributed by atoms with Crippen LogP contribution in [0.1, 0.15) is 12.5 Å². The standard InChI is InChI=1S/C15H18N4/c1-3-5-11-14(4-2)15-16-17-18-19(15)12-13-9-7-6-8-10-13/h3-11,15H,1,12H2,2H3,(H,16,18)/b11-5-,14-4+. The zero-order valence-electron chi connectivity index (χ0n) is 11.0. The third-order valence-corrected chi connectivity index (χ3v) is 2.90. The Morgan fingerprint density at radius 3 is 2.89 bits per heavy atom. The molecule has 0 aromatic heterocycles. The van der Waals surface area contributed by atoms with Crippen molar-refractivity contribution >= 4 is 0 Å². The van der Waals surface area contributed by atoms with Gasteiger partial charge in [-0.05, 0) is 18.1 Å². The fourth-order valence-electron chi connectivity index (χ4n) is 1.92. The molecule has 0 aliphatic carbocycles. The molecular formula is C15H18N4. The zero-order chi connectivity index (χ0) is 13.5. The van der Waals surface area contributed by atoms with Gasteiger partial charge in [-0.1, -0.05) is 71.7 Å². The lowest BCUT2D eigenvalue weighted by Crippen LogP contribution is -2.36. The molecule has 0 saturated heterocycles. The van der Waals surface area contributed by atoms with Crippen LogP contribution in [-0.4, -0.2) is 11.2 Å². The lowest BCUT2D eigenvalue weighted by Gasteiger charge is -2.22. The van der Waals surface area contributed by atoms with E-state index < -0.39 is 0 Å². The van der Waals surface area contributed by atoms with E-state index in [0.717, 1.165) is 12.1 Å². The van der Waals surface area contributed by atoms with Crippen LogP contribution in [0.4, 0.5) is 0 Å². The number of rotatable bonds is 5. The second-order valence-corrected chi connectivity index (χ2v) is 4.19. The maximum atomic E-state index is 4.14. The van der Waals surface area contributed by atoms with Crippen LogP contribution in [0.15, 0.2) is 77.2 Å². The quantitative estimate of drug-likeness (QED) is 0.818. The van der Waals surface area contributed by atoms with Crippen molar-refractivity contribution in [1.82, 2.24) is 10.4 Å². The average molecular weight is 254 g/mol. The predicted octanol–water partition coefficient (Wildman–Crippen LogP) is 3.39. The van der Waals surface area contributed by atoms with E-state index in [-0.39, 0.29) is 6.17 Å². The summed E-state index contributed by atoms with van der Waals surface area (Å²) in [5.41, 5.74) is 5.34. The Morgan fingerprint density at radius 2 is 2.21 bits per heavy atom. The zero-order valence-corrected chi connectivity index (χ0v) is 11.0. The molecule has 2 rings (SSSR count). The van der Waals surface area contributed by atoms with Crippen LogP contribution in [0.2, 0.25) is 0 Å². The minimum Gasteiger partial charge on any atom is -0.262 e. The molecule has 1 heterocycles. The van der Waals surface area contributed by atoms with Crippen LogP contribution in [0.5, 0.6) is 0 Å². The molecule has 0 saturated carbocycles. The maximum Gasteiger partial charge on any atom is 0.160 e. The molecule has 19 heavy (non-hydrogen) atoms. The van der Waals surface area contributed by atoms with Gasteiger partial charge in [0, 0.05) is 0 Å². The van der Waals surface area contributed by atoms with Gasteiger partial charge < -0.3 is 0 Å². The van der Waals surface area contributed by atoms with Crippen LogP contribution < -0.4 is 5.43 Å². The molecule has 0 radical (unpaired) electrons. The first-order chi connectivity index (χ1) is 9.35. The van der Waals surface area contributed by atoms with E-state index in [1.807, 2.05) is 48.4 Å². The Labute approximate surface area is 113 Å². The summed E-state index contributed by atoms with van der Waals surface area (Å²) in [5, 5.41) is 9.98. The highest BCUT2D eigenvalue weighted by Crippen LogP contribution is 2.18. The molecule has 1 N–H and O–H groups in total. The Morgan fingerprint density at radius 1 is 1.42 bits per heavy atom. The van der Waals surface area contributed by atoms with Crippen LogP contribution in [0.25, 0.3) is 0 Å². The van der Waals surface area contributed by atoms with Crippen molar-refractivity contribution in [2.24, 2.45) is 10.4 Å². The van der Waals surface area contributed by atoms with E-state index in [1.54, 1.807) is 6.08 Å². The molecule has 1 unspecified atom stereocenters. The third-order valence-electron chi connectivity index (χ3n) is 2.90. The first-order valence-electron chi connectivity index (χ1n) is 6.27. The van der Waals surface area contributed by atoms with Gasteiger partial charge in [-0.15, -0.1) is 0 Å². The van der Waals surface area contributed by atoms with E-state index >= 15 is 0 Å². The number of nitrogens with zero attached hydrogens (tertiary/aromatic N) is 3. The van der Waals surface area contributed by atoms with E-state index in [9.17, 15) is 0 Å². The Hall–Kier alpha value is -2.36. The summed E-state index contributed by atoms with van der Waals surface area (Å²) in [7, 11) is 0. The second-order valence-electron chi connectivity index (χ2n) is 4.19. The van der Waals surface area contributed by atoms with E-state index in [1.165, 1.54) is 5.56 Å². The fourth-order valence-corrected chi connectivity index (χ4v) is 1.92. The van der Waals surface area contributed by atoms with Gasteiger partial charge in [0.15, 0.2) is 6.17 Å². The second kappa shape index (κ2) is 6.54.